The van der Waals surface area contributed by atoms with Crippen molar-refractivity contribution in [2.45, 2.75) is 6.10 Å². The van der Waals surface area contributed by atoms with Gasteiger partial charge in [0, 0.05) is 13.1 Å². The molecule has 1 amide bonds. The molecule has 4 heteroatoms. The Kier molecular flexibility index (Phi) is 2.40. The van der Waals surface area contributed by atoms with E-state index in [4.69, 9.17) is 10.4 Å². The van der Waals surface area contributed by atoms with Crippen molar-refractivity contribution in [3.8, 4) is 6.07 Å². The first kappa shape index (κ1) is 9.69. The van der Waals surface area contributed by atoms with Gasteiger partial charge in [0.1, 0.15) is 0 Å². The number of hydrogen-bond acceptors (Lipinski definition) is 3. The first-order valence-corrected chi connectivity index (χ1v) is 4.69. The zero-order chi connectivity index (χ0) is 10.8. The number of amides is 1. The van der Waals surface area contributed by atoms with Crippen molar-refractivity contribution < 1.29 is 9.90 Å². The number of carbonyl (C=O) groups is 1. The van der Waals surface area contributed by atoms with Crippen LogP contribution in [0.2, 0.25) is 0 Å². The van der Waals surface area contributed by atoms with Gasteiger partial charge in [-0.15, -0.1) is 0 Å². The van der Waals surface area contributed by atoms with Crippen LogP contribution in [0.15, 0.2) is 24.3 Å². The highest BCUT2D eigenvalue weighted by Gasteiger charge is 2.30. The summed E-state index contributed by atoms with van der Waals surface area (Å²) in [6.07, 6.45) is -0.414. The quantitative estimate of drug-likeness (QED) is 0.715. The van der Waals surface area contributed by atoms with Gasteiger partial charge >= 0.3 is 0 Å². The topological polar surface area (TPSA) is 64.3 Å². The van der Waals surface area contributed by atoms with Crippen LogP contribution < -0.4 is 0 Å². The van der Waals surface area contributed by atoms with E-state index in [9.17, 15) is 4.79 Å². The van der Waals surface area contributed by atoms with E-state index >= 15 is 0 Å². The summed E-state index contributed by atoms with van der Waals surface area (Å²) >= 11 is 0. The van der Waals surface area contributed by atoms with Gasteiger partial charge in [0.15, 0.2) is 0 Å². The molecule has 0 bridgehead atoms. The minimum absolute atomic E-state index is 0.183. The molecular weight excluding hydrogens is 192 g/mol. The molecule has 0 spiro atoms. The molecule has 1 N–H and O–H groups in total. The predicted octanol–water partition coefficient (Wildman–Crippen LogP) is 0.375. The van der Waals surface area contributed by atoms with Crippen LogP contribution in [0.5, 0.6) is 0 Å². The zero-order valence-corrected chi connectivity index (χ0v) is 8.05. The summed E-state index contributed by atoms with van der Waals surface area (Å²) in [5.74, 6) is -0.183. The molecule has 15 heavy (non-hydrogen) atoms. The SMILES string of the molecule is N#Cc1ccccc1C(=O)N1CC(O)C1. The highest BCUT2D eigenvalue weighted by atomic mass is 16.3. The molecular formula is C11H10N2O2. The van der Waals surface area contributed by atoms with Crippen LogP contribution in [0.3, 0.4) is 0 Å². The van der Waals surface area contributed by atoms with E-state index in [1.165, 1.54) is 4.90 Å². The Morgan fingerprint density at radius 1 is 1.47 bits per heavy atom. The molecule has 4 nitrogen and oxygen atoms in total. The van der Waals surface area contributed by atoms with Crippen LogP contribution in [0.1, 0.15) is 15.9 Å². The minimum atomic E-state index is -0.414. The van der Waals surface area contributed by atoms with Crippen molar-refractivity contribution in [3.05, 3.63) is 35.4 Å². The standard InChI is InChI=1S/C11H10N2O2/c12-5-8-3-1-2-4-10(8)11(15)13-6-9(14)7-13/h1-4,9,14H,6-7H2. The number of nitriles is 1. The summed E-state index contributed by atoms with van der Waals surface area (Å²) in [5.41, 5.74) is 0.788. The number of aliphatic hydroxyl groups excluding tert-OH is 1. The number of nitrogens with zero attached hydrogens (tertiary/aromatic N) is 2. The van der Waals surface area contributed by atoms with E-state index in [1.807, 2.05) is 6.07 Å². The van der Waals surface area contributed by atoms with E-state index in [0.29, 0.717) is 24.2 Å². The second kappa shape index (κ2) is 3.71. The molecule has 1 aliphatic rings. The maximum atomic E-state index is 11.8. The lowest BCUT2D eigenvalue weighted by atomic mass is 10.0. The van der Waals surface area contributed by atoms with Crippen molar-refractivity contribution in [1.82, 2.24) is 4.90 Å². The van der Waals surface area contributed by atoms with Crippen LogP contribution in [-0.2, 0) is 0 Å². The maximum Gasteiger partial charge on any atom is 0.255 e. The van der Waals surface area contributed by atoms with Crippen LogP contribution in [0.4, 0.5) is 0 Å². The Morgan fingerprint density at radius 3 is 2.73 bits per heavy atom. The van der Waals surface area contributed by atoms with Gasteiger partial charge in [-0.1, -0.05) is 12.1 Å². The molecule has 0 unspecified atom stereocenters. The average molecular weight is 202 g/mol. The van der Waals surface area contributed by atoms with Gasteiger partial charge in [-0.05, 0) is 12.1 Å². The predicted molar refractivity (Wildman–Crippen MR) is 53.1 cm³/mol. The number of hydrogen-bond donors (Lipinski definition) is 1. The fraction of sp³-hybridized carbons (Fsp3) is 0.273. The third-order valence-electron chi connectivity index (χ3n) is 2.43. The third-order valence-corrected chi connectivity index (χ3v) is 2.43. The van der Waals surface area contributed by atoms with Crippen LogP contribution in [-0.4, -0.2) is 35.1 Å². The van der Waals surface area contributed by atoms with Crippen molar-refractivity contribution >= 4 is 5.91 Å². The summed E-state index contributed by atoms with van der Waals surface area (Å²) < 4.78 is 0. The number of benzene rings is 1. The maximum absolute atomic E-state index is 11.8. The summed E-state index contributed by atoms with van der Waals surface area (Å²) in [6, 6.07) is 8.67. The van der Waals surface area contributed by atoms with Gasteiger partial charge in [-0.2, -0.15) is 5.26 Å². The number of aliphatic hydroxyl groups is 1. The van der Waals surface area contributed by atoms with Crippen LogP contribution in [0, 0.1) is 11.3 Å². The van der Waals surface area contributed by atoms with Gasteiger partial charge < -0.3 is 10.0 Å². The van der Waals surface area contributed by atoms with E-state index in [1.54, 1.807) is 24.3 Å². The lowest BCUT2D eigenvalue weighted by molar-refractivity contribution is 0.00587. The summed E-state index contributed by atoms with van der Waals surface area (Å²) in [4.78, 5) is 13.3. The normalized spacial score (nSPS) is 15.6. The van der Waals surface area contributed by atoms with Gasteiger partial charge in [-0.3, -0.25) is 4.79 Å². The molecule has 76 valence electrons. The van der Waals surface area contributed by atoms with Gasteiger partial charge in [0.2, 0.25) is 0 Å². The molecule has 0 aromatic heterocycles. The number of rotatable bonds is 1. The molecule has 0 radical (unpaired) electrons. The Morgan fingerprint density at radius 2 is 2.13 bits per heavy atom. The molecule has 1 aromatic rings. The Labute approximate surface area is 87.4 Å². The number of β-amino-alcohol motifs (C(OH)–C–C–N with tert-alkyl or cyclic N) is 1. The second-order valence-electron chi connectivity index (χ2n) is 3.52. The van der Waals surface area contributed by atoms with E-state index in [0.717, 1.165) is 0 Å². The van der Waals surface area contributed by atoms with Crippen LogP contribution >= 0.6 is 0 Å². The molecule has 1 aliphatic heterocycles. The smallest absolute Gasteiger partial charge is 0.255 e. The van der Waals surface area contributed by atoms with Gasteiger partial charge in [-0.25, -0.2) is 0 Å². The Bertz CT molecular complexity index is 430. The van der Waals surface area contributed by atoms with Crippen molar-refractivity contribution in [1.29, 1.82) is 5.26 Å². The molecule has 1 heterocycles. The fourth-order valence-electron chi connectivity index (χ4n) is 1.56. The molecule has 2 rings (SSSR count). The monoisotopic (exact) mass is 202 g/mol. The first-order valence-electron chi connectivity index (χ1n) is 4.69. The lowest BCUT2D eigenvalue weighted by Gasteiger charge is -2.36. The Hall–Kier alpha value is -1.86. The summed E-state index contributed by atoms with van der Waals surface area (Å²) in [6.45, 7) is 0.719. The molecule has 0 atom stereocenters. The zero-order valence-electron chi connectivity index (χ0n) is 8.05. The fourth-order valence-corrected chi connectivity index (χ4v) is 1.56. The average Bonchev–Trinajstić information content (AvgIpc) is 2.24. The highest BCUT2D eigenvalue weighted by Crippen LogP contribution is 2.15. The van der Waals surface area contributed by atoms with Crippen molar-refractivity contribution in [2.75, 3.05) is 13.1 Å². The number of carbonyl (C=O) groups excluding carboxylic acids is 1. The lowest BCUT2D eigenvalue weighted by Crippen LogP contribution is -2.53. The largest absolute Gasteiger partial charge is 0.389 e. The van der Waals surface area contributed by atoms with Gasteiger partial charge in [0.05, 0.1) is 23.3 Å². The minimum Gasteiger partial charge on any atom is -0.389 e. The molecule has 0 saturated carbocycles. The second-order valence-corrected chi connectivity index (χ2v) is 3.52. The van der Waals surface area contributed by atoms with E-state index in [-0.39, 0.29) is 5.91 Å². The van der Waals surface area contributed by atoms with Gasteiger partial charge in [0.25, 0.3) is 5.91 Å². The molecule has 1 saturated heterocycles. The van der Waals surface area contributed by atoms with Crippen LogP contribution in [0.25, 0.3) is 0 Å². The molecule has 0 aliphatic carbocycles. The van der Waals surface area contributed by atoms with Crippen molar-refractivity contribution in [3.63, 3.8) is 0 Å². The van der Waals surface area contributed by atoms with E-state index < -0.39 is 6.10 Å². The summed E-state index contributed by atoms with van der Waals surface area (Å²) in [7, 11) is 0. The number of likely N-dealkylation sites (tertiary alicyclic amines) is 1. The third kappa shape index (κ3) is 1.69. The molecule has 1 aromatic carbocycles. The van der Waals surface area contributed by atoms with Crippen molar-refractivity contribution in [2.24, 2.45) is 0 Å². The van der Waals surface area contributed by atoms with E-state index in [2.05, 4.69) is 0 Å². The highest BCUT2D eigenvalue weighted by molar-refractivity contribution is 5.97. The Balaban J connectivity index is 2.23. The first-order chi connectivity index (χ1) is 7.22. The molecule has 1 fully saturated rings. The summed E-state index contributed by atoms with van der Waals surface area (Å²) in [5, 5.41) is 17.9.